The maximum absolute atomic E-state index is 12.1. The molecule has 2 unspecified atom stereocenters. The average Bonchev–Trinajstić information content (AvgIpc) is 2.42. The predicted octanol–water partition coefficient (Wildman–Crippen LogP) is 4.09. The van der Waals surface area contributed by atoms with Crippen molar-refractivity contribution < 1.29 is 4.79 Å². The van der Waals surface area contributed by atoms with Crippen LogP contribution in [0.15, 0.2) is 23.1 Å². The Balaban J connectivity index is 1.84. The highest BCUT2D eigenvalue weighted by atomic mass is 32.2. The van der Waals surface area contributed by atoms with Gasteiger partial charge in [0.15, 0.2) is 0 Å². The van der Waals surface area contributed by atoms with Gasteiger partial charge in [-0.1, -0.05) is 37.5 Å². The number of amides is 1. The molecule has 2 nitrogen and oxygen atoms in total. The Kier molecular flexibility index (Phi) is 5.53. The van der Waals surface area contributed by atoms with Crippen molar-refractivity contribution in [3.63, 3.8) is 0 Å². The molecule has 2 atom stereocenters. The Bertz CT molecular complexity index is 472. The molecule has 2 rings (SSSR count). The Morgan fingerprint density at radius 3 is 2.80 bits per heavy atom. The van der Waals surface area contributed by atoms with Gasteiger partial charge < -0.3 is 5.32 Å². The van der Waals surface area contributed by atoms with Crippen LogP contribution in [0.4, 0.5) is 0 Å². The fourth-order valence-corrected chi connectivity index (χ4v) is 3.72. The number of carbonyl (C=O) groups excluding carboxylic acids is 1. The Morgan fingerprint density at radius 2 is 2.05 bits per heavy atom. The summed E-state index contributed by atoms with van der Waals surface area (Å²) >= 11 is 1.65. The van der Waals surface area contributed by atoms with E-state index < -0.39 is 0 Å². The van der Waals surface area contributed by atoms with E-state index in [0.717, 1.165) is 6.42 Å². The summed E-state index contributed by atoms with van der Waals surface area (Å²) in [5, 5.41) is 3.21. The van der Waals surface area contributed by atoms with Gasteiger partial charge >= 0.3 is 0 Å². The highest BCUT2D eigenvalue weighted by Crippen LogP contribution is 2.25. The van der Waals surface area contributed by atoms with Crippen molar-refractivity contribution >= 4 is 17.7 Å². The standard InChI is InChI=1S/C17H25NOS/c1-12-8-9-14(3)16(10-12)20-11-17(19)18-15-7-5-4-6-13(15)2/h8-10,13,15H,4-7,11H2,1-3H3,(H,18,19). The predicted molar refractivity (Wildman–Crippen MR) is 86.2 cm³/mol. The molecule has 0 radical (unpaired) electrons. The van der Waals surface area contributed by atoms with E-state index in [-0.39, 0.29) is 5.91 Å². The summed E-state index contributed by atoms with van der Waals surface area (Å²) < 4.78 is 0. The van der Waals surface area contributed by atoms with E-state index in [1.165, 1.54) is 35.3 Å². The lowest BCUT2D eigenvalue weighted by Crippen LogP contribution is -2.41. The number of benzene rings is 1. The van der Waals surface area contributed by atoms with Gasteiger partial charge in [0.2, 0.25) is 5.91 Å². The van der Waals surface area contributed by atoms with Crippen LogP contribution in [-0.2, 0) is 4.79 Å². The quantitative estimate of drug-likeness (QED) is 0.847. The second kappa shape index (κ2) is 7.16. The molecular weight excluding hydrogens is 266 g/mol. The minimum atomic E-state index is 0.176. The number of hydrogen-bond acceptors (Lipinski definition) is 2. The van der Waals surface area contributed by atoms with E-state index in [1.54, 1.807) is 11.8 Å². The first-order valence-electron chi connectivity index (χ1n) is 7.55. The van der Waals surface area contributed by atoms with Crippen molar-refractivity contribution in [3.05, 3.63) is 29.3 Å². The highest BCUT2D eigenvalue weighted by Gasteiger charge is 2.22. The molecule has 3 heteroatoms. The van der Waals surface area contributed by atoms with Gasteiger partial charge in [0.25, 0.3) is 0 Å². The van der Waals surface area contributed by atoms with Crippen molar-refractivity contribution in [2.45, 2.75) is 57.4 Å². The SMILES string of the molecule is Cc1ccc(C)c(SCC(=O)NC2CCCCC2C)c1. The van der Waals surface area contributed by atoms with E-state index >= 15 is 0 Å². The molecular formula is C17H25NOS. The minimum absolute atomic E-state index is 0.176. The van der Waals surface area contributed by atoms with Crippen molar-refractivity contribution in [2.75, 3.05) is 5.75 Å². The summed E-state index contributed by atoms with van der Waals surface area (Å²) in [4.78, 5) is 13.3. The molecule has 0 aliphatic heterocycles. The number of hydrogen-bond donors (Lipinski definition) is 1. The first-order chi connectivity index (χ1) is 9.56. The zero-order valence-corrected chi connectivity index (χ0v) is 13.6. The summed E-state index contributed by atoms with van der Waals surface area (Å²) in [5.41, 5.74) is 2.50. The van der Waals surface area contributed by atoms with Gasteiger partial charge in [-0.25, -0.2) is 0 Å². The molecule has 0 heterocycles. The summed E-state index contributed by atoms with van der Waals surface area (Å²) in [6.45, 7) is 6.44. The van der Waals surface area contributed by atoms with Crippen LogP contribution >= 0.6 is 11.8 Å². The summed E-state index contributed by atoms with van der Waals surface area (Å²) in [5.74, 6) is 1.32. The number of rotatable bonds is 4. The van der Waals surface area contributed by atoms with E-state index in [1.807, 2.05) is 0 Å². The molecule has 1 aliphatic carbocycles. The lowest BCUT2D eigenvalue weighted by Gasteiger charge is -2.29. The number of nitrogens with one attached hydrogen (secondary N) is 1. The first kappa shape index (κ1) is 15.4. The molecule has 1 N–H and O–H groups in total. The van der Waals surface area contributed by atoms with Gasteiger partial charge in [0.05, 0.1) is 5.75 Å². The van der Waals surface area contributed by atoms with Crippen LogP contribution in [0, 0.1) is 19.8 Å². The van der Waals surface area contributed by atoms with Crippen LogP contribution in [0.2, 0.25) is 0 Å². The molecule has 110 valence electrons. The summed E-state index contributed by atoms with van der Waals surface area (Å²) in [6.07, 6.45) is 4.94. The average molecular weight is 291 g/mol. The van der Waals surface area contributed by atoms with Crippen molar-refractivity contribution in [3.8, 4) is 0 Å². The maximum Gasteiger partial charge on any atom is 0.230 e. The normalized spacial score (nSPS) is 22.6. The zero-order valence-electron chi connectivity index (χ0n) is 12.7. The van der Waals surface area contributed by atoms with Crippen LogP contribution in [0.3, 0.4) is 0 Å². The molecule has 1 aliphatic rings. The third kappa shape index (κ3) is 4.27. The van der Waals surface area contributed by atoms with E-state index in [0.29, 0.717) is 17.7 Å². The van der Waals surface area contributed by atoms with Gasteiger partial charge in [-0.2, -0.15) is 0 Å². The lowest BCUT2D eigenvalue weighted by molar-refractivity contribution is -0.119. The highest BCUT2D eigenvalue weighted by molar-refractivity contribution is 8.00. The van der Waals surface area contributed by atoms with Crippen molar-refractivity contribution in [1.82, 2.24) is 5.32 Å². The minimum Gasteiger partial charge on any atom is -0.352 e. The maximum atomic E-state index is 12.1. The van der Waals surface area contributed by atoms with Gasteiger partial charge in [0, 0.05) is 10.9 Å². The van der Waals surface area contributed by atoms with Crippen molar-refractivity contribution in [2.24, 2.45) is 5.92 Å². The molecule has 0 saturated heterocycles. The molecule has 0 bridgehead atoms. The molecule has 1 aromatic rings. The van der Waals surface area contributed by atoms with Crippen LogP contribution in [0.5, 0.6) is 0 Å². The van der Waals surface area contributed by atoms with E-state index in [2.05, 4.69) is 44.3 Å². The van der Waals surface area contributed by atoms with E-state index in [9.17, 15) is 4.79 Å². The molecule has 0 spiro atoms. The van der Waals surface area contributed by atoms with Crippen LogP contribution in [0.25, 0.3) is 0 Å². The monoisotopic (exact) mass is 291 g/mol. The van der Waals surface area contributed by atoms with Gasteiger partial charge in [-0.15, -0.1) is 11.8 Å². The van der Waals surface area contributed by atoms with Gasteiger partial charge in [0.1, 0.15) is 0 Å². The second-order valence-corrected chi connectivity index (χ2v) is 7.01. The third-order valence-corrected chi connectivity index (χ3v) is 5.32. The van der Waals surface area contributed by atoms with Crippen LogP contribution < -0.4 is 5.32 Å². The zero-order chi connectivity index (χ0) is 14.5. The fraction of sp³-hybridized carbons (Fsp3) is 0.588. The lowest BCUT2D eigenvalue weighted by atomic mass is 9.86. The number of aryl methyl sites for hydroxylation is 2. The van der Waals surface area contributed by atoms with E-state index in [4.69, 9.17) is 0 Å². The van der Waals surface area contributed by atoms with Crippen LogP contribution in [0.1, 0.15) is 43.7 Å². The van der Waals surface area contributed by atoms with Crippen molar-refractivity contribution in [1.29, 1.82) is 0 Å². The Morgan fingerprint density at radius 1 is 1.30 bits per heavy atom. The van der Waals surface area contributed by atoms with Crippen LogP contribution in [-0.4, -0.2) is 17.7 Å². The topological polar surface area (TPSA) is 29.1 Å². The Hall–Kier alpha value is -0.960. The molecule has 1 fully saturated rings. The van der Waals surface area contributed by atoms with Gasteiger partial charge in [-0.05, 0) is 44.2 Å². The third-order valence-electron chi connectivity index (χ3n) is 4.16. The second-order valence-electron chi connectivity index (χ2n) is 5.99. The largest absolute Gasteiger partial charge is 0.352 e. The molecule has 20 heavy (non-hydrogen) atoms. The molecule has 1 amide bonds. The molecule has 0 aromatic heterocycles. The van der Waals surface area contributed by atoms with Gasteiger partial charge in [-0.3, -0.25) is 4.79 Å². The fourth-order valence-electron chi connectivity index (χ4n) is 2.79. The first-order valence-corrected chi connectivity index (χ1v) is 8.54. The number of carbonyl (C=O) groups is 1. The molecule has 1 aromatic carbocycles. The summed E-state index contributed by atoms with van der Waals surface area (Å²) in [6, 6.07) is 6.79. The molecule has 1 saturated carbocycles. The Labute approximate surface area is 126 Å². The smallest absolute Gasteiger partial charge is 0.230 e. The number of thioether (sulfide) groups is 1. The summed E-state index contributed by atoms with van der Waals surface area (Å²) in [7, 11) is 0.